The minimum Gasteiger partial charge on any atom is -0.436 e. The summed E-state index contributed by atoms with van der Waals surface area (Å²) in [6, 6.07) is 15.8. The number of amides is 1. The molecule has 1 amide bonds. The molecule has 0 unspecified atom stereocenters. The van der Waals surface area contributed by atoms with Crippen LogP contribution in [-0.4, -0.2) is 10.9 Å². The second kappa shape index (κ2) is 7.02. The van der Waals surface area contributed by atoms with Gasteiger partial charge in [0, 0.05) is 10.7 Å². The highest BCUT2D eigenvalue weighted by molar-refractivity contribution is 6.37. The van der Waals surface area contributed by atoms with Crippen LogP contribution in [0, 0.1) is 5.82 Å². The number of aromatic nitrogens is 1. The lowest BCUT2D eigenvalue weighted by Crippen LogP contribution is -2.12. The first-order valence-corrected chi connectivity index (χ1v) is 8.69. The van der Waals surface area contributed by atoms with Gasteiger partial charge in [-0.15, -0.1) is 0 Å². The number of oxazole rings is 1. The van der Waals surface area contributed by atoms with Crippen molar-refractivity contribution in [2.45, 2.75) is 0 Å². The topological polar surface area (TPSA) is 55.1 Å². The van der Waals surface area contributed by atoms with Gasteiger partial charge < -0.3 is 9.73 Å². The number of nitrogens with zero attached hydrogens (tertiary/aromatic N) is 1. The summed E-state index contributed by atoms with van der Waals surface area (Å²) in [6.07, 6.45) is 0. The standard InChI is InChI=1S/C20H11Cl2FN2O2/c21-11-5-7-13(15(22)9-11)19(26)24-12-6-8-18-17(10-12)25-20(27-18)14-3-1-2-4-16(14)23/h1-10H,(H,24,26). The highest BCUT2D eigenvalue weighted by Crippen LogP contribution is 2.28. The molecule has 1 aromatic heterocycles. The van der Waals surface area contributed by atoms with Gasteiger partial charge in [-0.3, -0.25) is 4.79 Å². The van der Waals surface area contributed by atoms with E-state index in [0.29, 0.717) is 27.4 Å². The van der Waals surface area contributed by atoms with Crippen LogP contribution in [0.5, 0.6) is 0 Å². The van der Waals surface area contributed by atoms with Crippen LogP contribution in [-0.2, 0) is 0 Å². The number of rotatable bonds is 3. The van der Waals surface area contributed by atoms with Gasteiger partial charge in [-0.1, -0.05) is 35.3 Å². The van der Waals surface area contributed by atoms with Crippen molar-refractivity contribution in [1.29, 1.82) is 0 Å². The Morgan fingerprint density at radius 1 is 1.04 bits per heavy atom. The highest BCUT2D eigenvalue weighted by Gasteiger charge is 2.14. The van der Waals surface area contributed by atoms with Crippen molar-refractivity contribution >= 4 is 45.9 Å². The molecule has 0 fully saturated rings. The molecular weight excluding hydrogens is 390 g/mol. The number of benzene rings is 3. The van der Waals surface area contributed by atoms with E-state index in [1.165, 1.54) is 12.1 Å². The molecule has 0 bridgehead atoms. The summed E-state index contributed by atoms with van der Waals surface area (Å²) >= 11 is 11.9. The molecule has 134 valence electrons. The fraction of sp³-hybridized carbons (Fsp3) is 0. The van der Waals surface area contributed by atoms with Gasteiger partial charge in [0.2, 0.25) is 5.89 Å². The second-order valence-corrected chi connectivity index (χ2v) is 6.60. The fourth-order valence-corrected chi connectivity index (χ4v) is 3.12. The van der Waals surface area contributed by atoms with Gasteiger partial charge in [-0.05, 0) is 48.5 Å². The van der Waals surface area contributed by atoms with Crippen molar-refractivity contribution in [2.24, 2.45) is 0 Å². The van der Waals surface area contributed by atoms with Crippen molar-refractivity contribution in [3.63, 3.8) is 0 Å². The summed E-state index contributed by atoms with van der Waals surface area (Å²) < 4.78 is 19.5. The normalized spacial score (nSPS) is 10.9. The Bertz CT molecular complexity index is 1170. The Kier molecular flexibility index (Phi) is 4.56. The van der Waals surface area contributed by atoms with Crippen LogP contribution >= 0.6 is 23.2 Å². The fourth-order valence-electron chi connectivity index (χ4n) is 2.63. The van der Waals surface area contributed by atoms with Crippen LogP contribution < -0.4 is 5.32 Å². The van der Waals surface area contributed by atoms with Crippen LogP contribution in [0.25, 0.3) is 22.6 Å². The van der Waals surface area contributed by atoms with Crippen molar-refractivity contribution in [3.8, 4) is 11.5 Å². The summed E-state index contributed by atoms with van der Waals surface area (Å²) in [6.45, 7) is 0. The Morgan fingerprint density at radius 2 is 1.85 bits per heavy atom. The Morgan fingerprint density at radius 3 is 2.63 bits per heavy atom. The second-order valence-electron chi connectivity index (χ2n) is 5.76. The summed E-state index contributed by atoms with van der Waals surface area (Å²) in [7, 11) is 0. The lowest BCUT2D eigenvalue weighted by atomic mass is 10.2. The van der Waals surface area contributed by atoms with Crippen molar-refractivity contribution in [2.75, 3.05) is 5.32 Å². The van der Waals surface area contributed by atoms with E-state index < -0.39 is 5.82 Å². The molecule has 7 heteroatoms. The van der Waals surface area contributed by atoms with E-state index in [0.717, 1.165) is 0 Å². The molecule has 0 spiro atoms. The lowest BCUT2D eigenvalue weighted by molar-refractivity contribution is 0.102. The molecule has 0 aliphatic carbocycles. The average Bonchev–Trinajstić information content (AvgIpc) is 3.05. The SMILES string of the molecule is O=C(Nc1ccc2oc(-c3ccccc3F)nc2c1)c1ccc(Cl)cc1Cl. The number of hydrogen-bond acceptors (Lipinski definition) is 3. The number of anilines is 1. The maximum Gasteiger partial charge on any atom is 0.257 e. The molecule has 4 nitrogen and oxygen atoms in total. The first-order valence-electron chi connectivity index (χ1n) is 7.93. The maximum atomic E-state index is 13.9. The number of carbonyl (C=O) groups is 1. The number of halogens is 3. The summed E-state index contributed by atoms with van der Waals surface area (Å²) in [5, 5.41) is 3.45. The first kappa shape index (κ1) is 17.5. The van der Waals surface area contributed by atoms with Crippen LogP contribution in [0.2, 0.25) is 10.0 Å². The molecule has 1 heterocycles. The Hall–Kier alpha value is -2.89. The van der Waals surface area contributed by atoms with Crippen molar-refractivity contribution < 1.29 is 13.6 Å². The van der Waals surface area contributed by atoms with Crippen molar-refractivity contribution in [3.05, 3.63) is 82.1 Å². The van der Waals surface area contributed by atoms with Gasteiger partial charge in [0.1, 0.15) is 11.3 Å². The van der Waals surface area contributed by atoms with Crippen LogP contribution in [0.1, 0.15) is 10.4 Å². The minimum absolute atomic E-state index is 0.173. The van der Waals surface area contributed by atoms with Crippen molar-refractivity contribution in [1.82, 2.24) is 4.98 Å². The third-order valence-electron chi connectivity index (χ3n) is 3.93. The van der Waals surface area contributed by atoms with E-state index >= 15 is 0 Å². The number of hydrogen-bond donors (Lipinski definition) is 1. The first-order chi connectivity index (χ1) is 13.0. The number of carbonyl (C=O) groups excluding carboxylic acids is 1. The zero-order valence-electron chi connectivity index (χ0n) is 13.7. The molecule has 0 aliphatic rings. The summed E-state index contributed by atoms with van der Waals surface area (Å²) in [5.74, 6) is -0.629. The molecule has 27 heavy (non-hydrogen) atoms. The van der Waals surface area contributed by atoms with Crippen LogP contribution in [0.3, 0.4) is 0 Å². The summed E-state index contributed by atoms with van der Waals surface area (Å²) in [4.78, 5) is 16.7. The minimum atomic E-state index is -0.421. The molecule has 0 radical (unpaired) electrons. The predicted octanol–water partition coefficient (Wildman–Crippen LogP) is 6.19. The van der Waals surface area contributed by atoms with Crippen LogP contribution in [0.4, 0.5) is 10.1 Å². The van der Waals surface area contributed by atoms with E-state index in [4.69, 9.17) is 27.6 Å². The molecule has 0 atom stereocenters. The Balaban J connectivity index is 1.64. The van der Waals surface area contributed by atoms with E-state index in [-0.39, 0.29) is 22.4 Å². The molecule has 4 aromatic rings. The van der Waals surface area contributed by atoms with Gasteiger partial charge in [-0.2, -0.15) is 0 Å². The van der Waals surface area contributed by atoms with Gasteiger partial charge in [0.25, 0.3) is 5.91 Å². The van der Waals surface area contributed by atoms with Crippen LogP contribution in [0.15, 0.2) is 65.1 Å². The van der Waals surface area contributed by atoms with Gasteiger partial charge >= 0.3 is 0 Å². The smallest absolute Gasteiger partial charge is 0.257 e. The Labute approximate surface area is 163 Å². The van der Waals surface area contributed by atoms with E-state index in [1.807, 2.05) is 0 Å². The van der Waals surface area contributed by atoms with Gasteiger partial charge in [0.15, 0.2) is 5.58 Å². The largest absolute Gasteiger partial charge is 0.436 e. The average molecular weight is 401 g/mol. The predicted molar refractivity (Wildman–Crippen MR) is 104 cm³/mol. The van der Waals surface area contributed by atoms with Gasteiger partial charge in [0.05, 0.1) is 16.1 Å². The van der Waals surface area contributed by atoms with E-state index in [1.54, 1.807) is 48.5 Å². The molecule has 4 rings (SSSR count). The molecule has 0 saturated heterocycles. The molecule has 1 N–H and O–H groups in total. The summed E-state index contributed by atoms with van der Waals surface area (Å²) in [5.41, 5.74) is 2.05. The van der Waals surface area contributed by atoms with E-state index in [2.05, 4.69) is 10.3 Å². The quantitative estimate of drug-likeness (QED) is 0.445. The lowest BCUT2D eigenvalue weighted by Gasteiger charge is -2.06. The highest BCUT2D eigenvalue weighted by atomic mass is 35.5. The molecular formula is C20H11Cl2FN2O2. The maximum absolute atomic E-state index is 13.9. The molecule has 0 saturated carbocycles. The third kappa shape index (κ3) is 3.52. The van der Waals surface area contributed by atoms with Gasteiger partial charge in [-0.25, -0.2) is 9.37 Å². The van der Waals surface area contributed by atoms with E-state index in [9.17, 15) is 9.18 Å². The number of nitrogens with one attached hydrogen (secondary N) is 1. The zero-order chi connectivity index (χ0) is 19.0. The monoisotopic (exact) mass is 400 g/mol. The molecule has 0 aliphatic heterocycles. The molecule has 3 aromatic carbocycles. The zero-order valence-corrected chi connectivity index (χ0v) is 15.2. The number of fused-ring (bicyclic) bond motifs is 1. The third-order valence-corrected chi connectivity index (χ3v) is 4.47.